The number of primary amides is 1. The van der Waals surface area contributed by atoms with Crippen molar-refractivity contribution in [1.29, 1.82) is 0 Å². The van der Waals surface area contributed by atoms with Gasteiger partial charge >= 0.3 is 12.0 Å². The normalized spacial score (nSPS) is 10.6. The van der Waals surface area contributed by atoms with Crippen LogP contribution in [-0.4, -0.2) is 23.5 Å². The molecular weight excluding hydrogens is 430 g/mol. The van der Waals surface area contributed by atoms with Crippen LogP contribution in [0.1, 0.15) is 5.56 Å². The molecule has 0 saturated carbocycles. The molecule has 0 atom stereocenters. The Morgan fingerprint density at radius 1 is 1.03 bits per heavy atom. The lowest BCUT2D eigenvalue weighted by atomic mass is 10.0. The Balaban J connectivity index is 2.09. The zero-order valence-electron chi connectivity index (χ0n) is 16.0. The summed E-state index contributed by atoms with van der Waals surface area (Å²) in [4.78, 5) is 28.5. The maximum atomic E-state index is 14.3. The zero-order valence-corrected chi connectivity index (χ0v) is 16.8. The molecule has 3 aromatic rings. The van der Waals surface area contributed by atoms with Crippen LogP contribution in [0.5, 0.6) is 0 Å². The maximum Gasteiger partial charge on any atom is 0.325 e. The summed E-state index contributed by atoms with van der Waals surface area (Å²) >= 11 is 6.26. The highest BCUT2D eigenvalue weighted by molar-refractivity contribution is 6.31. The SMILES string of the molecule is NCC(=O)OCc1c(Cl)cccc1-c1cccc(N(C(N)=O)c2c(F)cccc2F)n1. The van der Waals surface area contributed by atoms with E-state index in [4.69, 9.17) is 27.8 Å². The number of amides is 2. The van der Waals surface area contributed by atoms with E-state index in [1.54, 1.807) is 24.3 Å². The molecule has 0 aliphatic carbocycles. The number of benzene rings is 2. The Bertz CT molecular complexity index is 1120. The fraction of sp³-hybridized carbons (Fsp3) is 0.0952. The summed E-state index contributed by atoms with van der Waals surface area (Å²) < 4.78 is 33.7. The summed E-state index contributed by atoms with van der Waals surface area (Å²) in [5.74, 6) is -2.70. The molecule has 10 heteroatoms. The standard InChI is InChI=1S/C21H17ClF2N4O3/c22-14-5-1-4-12(13(14)11-31-19(29)10-25)17-8-3-9-18(27-17)28(21(26)30)20-15(23)6-2-7-16(20)24/h1-9H,10-11,25H2,(H2,26,30). The van der Waals surface area contributed by atoms with Crippen LogP contribution in [0.4, 0.5) is 25.1 Å². The minimum Gasteiger partial charge on any atom is -0.460 e. The number of pyridine rings is 1. The Kier molecular flexibility index (Phi) is 6.78. The molecule has 31 heavy (non-hydrogen) atoms. The minimum absolute atomic E-state index is 0.112. The molecule has 0 fully saturated rings. The van der Waals surface area contributed by atoms with Gasteiger partial charge in [0.15, 0.2) is 0 Å². The van der Waals surface area contributed by atoms with Gasteiger partial charge in [-0.15, -0.1) is 0 Å². The van der Waals surface area contributed by atoms with E-state index in [1.807, 2.05) is 0 Å². The second-order valence-corrected chi connectivity index (χ2v) is 6.66. The van der Waals surface area contributed by atoms with Gasteiger partial charge < -0.3 is 16.2 Å². The first-order chi connectivity index (χ1) is 14.8. The predicted molar refractivity (Wildman–Crippen MR) is 112 cm³/mol. The highest BCUT2D eigenvalue weighted by Gasteiger charge is 2.24. The Hall–Kier alpha value is -3.56. The van der Waals surface area contributed by atoms with E-state index in [0.29, 0.717) is 26.7 Å². The number of rotatable bonds is 6. The first kappa shape index (κ1) is 22.1. The maximum absolute atomic E-state index is 14.3. The lowest BCUT2D eigenvalue weighted by Crippen LogP contribution is -2.33. The first-order valence-corrected chi connectivity index (χ1v) is 9.35. The fourth-order valence-electron chi connectivity index (χ4n) is 2.90. The largest absolute Gasteiger partial charge is 0.460 e. The molecule has 7 nitrogen and oxygen atoms in total. The van der Waals surface area contributed by atoms with Crippen LogP contribution >= 0.6 is 11.6 Å². The Labute approximate surface area is 181 Å². The zero-order chi connectivity index (χ0) is 22.5. The molecule has 1 heterocycles. The summed E-state index contributed by atoms with van der Waals surface area (Å²) in [5.41, 5.74) is 11.2. The number of carbonyl (C=O) groups excluding carboxylic acids is 2. The smallest absolute Gasteiger partial charge is 0.325 e. The minimum atomic E-state index is -1.13. The van der Waals surface area contributed by atoms with Crippen LogP contribution in [0.2, 0.25) is 5.02 Å². The van der Waals surface area contributed by atoms with Crippen LogP contribution in [0, 0.1) is 11.6 Å². The van der Waals surface area contributed by atoms with Crippen molar-refractivity contribution in [2.45, 2.75) is 6.61 Å². The van der Waals surface area contributed by atoms with Gasteiger partial charge in [-0.1, -0.05) is 35.9 Å². The second kappa shape index (κ2) is 9.50. The van der Waals surface area contributed by atoms with Gasteiger partial charge in [0, 0.05) is 16.1 Å². The third kappa shape index (κ3) is 4.79. The van der Waals surface area contributed by atoms with E-state index in [0.717, 1.165) is 18.2 Å². The monoisotopic (exact) mass is 446 g/mol. The third-order valence-electron chi connectivity index (χ3n) is 4.28. The average Bonchev–Trinajstić information content (AvgIpc) is 2.75. The van der Waals surface area contributed by atoms with Crippen molar-refractivity contribution in [3.63, 3.8) is 0 Å². The van der Waals surface area contributed by atoms with E-state index in [9.17, 15) is 18.4 Å². The van der Waals surface area contributed by atoms with Crippen molar-refractivity contribution >= 4 is 35.1 Å². The number of ether oxygens (including phenoxy) is 1. The van der Waals surface area contributed by atoms with Gasteiger partial charge in [-0.25, -0.2) is 23.5 Å². The Morgan fingerprint density at radius 2 is 1.68 bits per heavy atom. The number of urea groups is 1. The molecule has 1 aromatic heterocycles. The number of nitrogens with zero attached hydrogens (tertiary/aromatic N) is 2. The van der Waals surface area contributed by atoms with Gasteiger partial charge in [-0.2, -0.15) is 0 Å². The van der Waals surface area contributed by atoms with Crippen molar-refractivity contribution < 1.29 is 23.1 Å². The number of hydrogen-bond donors (Lipinski definition) is 2. The molecule has 0 saturated heterocycles. The summed E-state index contributed by atoms with van der Waals surface area (Å²) in [6, 6.07) is 11.5. The van der Waals surface area contributed by atoms with E-state index in [-0.39, 0.29) is 19.0 Å². The number of hydrogen-bond acceptors (Lipinski definition) is 5. The van der Waals surface area contributed by atoms with Crippen molar-refractivity contribution in [3.8, 4) is 11.3 Å². The van der Waals surface area contributed by atoms with Crippen LogP contribution < -0.4 is 16.4 Å². The number of halogens is 3. The lowest BCUT2D eigenvalue weighted by molar-refractivity contribution is -0.143. The first-order valence-electron chi connectivity index (χ1n) is 8.97. The topological polar surface area (TPSA) is 112 Å². The quantitative estimate of drug-likeness (QED) is 0.558. The van der Waals surface area contributed by atoms with Crippen LogP contribution in [0.15, 0.2) is 54.6 Å². The van der Waals surface area contributed by atoms with Gasteiger partial charge in [-0.05, 0) is 30.3 Å². The molecule has 2 aromatic carbocycles. The van der Waals surface area contributed by atoms with Gasteiger partial charge in [-0.3, -0.25) is 4.79 Å². The summed E-state index contributed by atoms with van der Waals surface area (Å²) in [6.07, 6.45) is 0. The molecule has 0 spiro atoms. The summed E-state index contributed by atoms with van der Waals surface area (Å²) in [7, 11) is 0. The number of nitrogens with two attached hydrogens (primary N) is 2. The third-order valence-corrected chi connectivity index (χ3v) is 4.64. The van der Waals surface area contributed by atoms with E-state index in [1.165, 1.54) is 12.1 Å². The molecule has 0 aliphatic rings. The number of anilines is 2. The molecule has 0 radical (unpaired) electrons. The van der Waals surface area contributed by atoms with Crippen LogP contribution in [0.3, 0.4) is 0 Å². The van der Waals surface area contributed by atoms with Gasteiger partial charge in [0.05, 0.1) is 12.2 Å². The second-order valence-electron chi connectivity index (χ2n) is 6.26. The molecule has 0 bridgehead atoms. The molecule has 0 aliphatic heterocycles. The van der Waals surface area contributed by atoms with Crippen LogP contribution in [-0.2, 0) is 16.1 Å². The number of esters is 1. The van der Waals surface area contributed by atoms with Crippen molar-refractivity contribution in [2.24, 2.45) is 11.5 Å². The van der Waals surface area contributed by atoms with Crippen molar-refractivity contribution in [1.82, 2.24) is 4.98 Å². The molecular formula is C21H17ClF2N4O3. The highest BCUT2D eigenvalue weighted by Crippen LogP contribution is 2.33. The number of para-hydroxylation sites is 1. The van der Waals surface area contributed by atoms with Crippen molar-refractivity contribution in [3.05, 3.63) is 76.8 Å². The van der Waals surface area contributed by atoms with Gasteiger partial charge in [0.25, 0.3) is 0 Å². The fourth-order valence-corrected chi connectivity index (χ4v) is 3.12. The van der Waals surface area contributed by atoms with E-state index < -0.39 is 29.3 Å². The molecule has 4 N–H and O–H groups in total. The highest BCUT2D eigenvalue weighted by atomic mass is 35.5. The molecule has 0 unspecified atom stereocenters. The molecule has 2 amide bonds. The average molecular weight is 447 g/mol. The molecule has 3 rings (SSSR count). The van der Waals surface area contributed by atoms with E-state index >= 15 is 0 Å². The predicted octanol–water partition coefficient (Wildman–Crippen LogP) is 3.90. The lowest BCUT2D eigenvalue weighted by Gasteiger charge is -2.21. The van der Waals surface area contributed by atoms with Crippen molar-refractivity contribution in [2.75, 3.05) is 11.4 Å². The summed E-state index contributed by atoms with van der Waals surface area (Å²) in [5, 5.41) is 0.307. The molecule has 160 valence electrons. The van der Waals surface area contributed by atoms with Gasteiger partial charge in [0.2, 0.25) is 0 Å². The summed E-state index contributed by atoms with van der Waals surface area (Å²) in [6.45, 7) is -0.465. The van der Waals surface area contributed by atoms with E-state index in [2.05, 4.69) is 4.98 Å². The number of aromatic nitrogens is 1. The Morgan fingerprint density at radius 3 is 2.32 bits per heavy atom. The van der Waals surface area contributed by atoms with Crippen LogP contribution in [0.25, 0.3) is 11.3 Å². The number of carbonyl (C=O) groups is 2. The van der Waals surface area contributed by atoms with Gasteiger partial charge in [0.1, 0.15) is 29.7 Å².